The minimum atomic E-state index is -1.21. The standard InChI is InChI=1S/C13H22O4/c1-6-10(2)8-7-9-13(3,11(14)16-4)12(15)17-5/h8H,6-7,9H2,1-5H3. The van der Waals surface area contributed by atoms with E-state index in [0.717, 1.165) is 6.42 Å². The summed E-state index contributed by atoms with van der Waals surface area (Å²) in [6.07, 6.45) is 4.04. The Kier molecular flexibility index (Phi) is 6.54. The van der Waals surface area contributed by atoms with Crippen LogP contribution in [0.4, 0.5) is 0 Å². The van der Waals surface area contributed by atoms with Crippen LogP contribution in [-0.2, 0) is 19.1 Å². The fourth-order valence-electron chi connectivity index (χ4n) is 1.49. The van der Waals surface area contributed by atoms with Gasteiger partial charge in [0.2, 0.25) is 0 Å². The molecule has 0 bridgehead atoms. The molecule has 0 unspecified atom stereocenters. The van der Waals surface area contributed by atoms with Gasteiger partial charge < -0.3 is 9.47 Å². The van der Waals surface area contributed by atoms with Crippen LogP contribution in [-0.4, -0.2) is 26.2 Å². The van der Waals surface area contributed by atoms with Crippen LogP contribution < -0.4 is 0 Å². The van der Waals surface area contributed by atoms with E-state index < -0.39 is 17.4 Å². The van der Waals surface area contributed by atoms with Gasteiger partial charge in [-0.15, -0.1) is 0 Å². The van der Waals surface area contributed by atoms with E-state index in [4.69, 9.17) is 0 Å². The summed E-state index contributed by atoms with van der Waals surface area (Å²) in [5.74, 6) is -1.10. The molecule has 0 aromatic heterocycles. The lowest BCUT2D eigenvalue weighted by Crippen LogP contribution is -2.38. The summed E-state index contributed by atoms with van der Waals surface area (Å²) in [4.78, 5) is 23.3. The molecule has 0 atom stereocenters. The molecule has 0 saturated carbocycles. The number of carbonyl (C=O) groups excluding carboxylic acids is 2. The van der Waals surface area contributed by atoms with Gasteiger partial charge in [-0.05, 0) is 33.1 Å². The summed E-state index contributed by atoms with van der Waals surface area (Å²) < 4.78 is 9.32. The first-order chi connectivity index (χ1) is 7.92. The normalized spacial score (nSPS) is 12.2. The van der Waals surface area contributed by atoms with Gasteiger partial charge in [-0.1, -0.05) is 18.6 Å². The van der Waals surface area contributed by atoms with Crippen molar-refractivity contribution in [2.75, 3.05) is 14.2 Å². The quantitative estimate of drug-likeness (QED) is 0.408. The van der Waals surface area contributed by atoms with Crippen LogP contribution in [0, 0.1) is 5.41 Å². The molecule has 0 aromatic rings. The van der Waals surface area contributed by atoms with Gasteiger partial charge in [-0.3, -0.25) is 9.59 Å². The van der Waals surface area contributed by atoms with Crippen LogP contribution in [0.15, 0.2) is 11.6 Å². The number of carbonyl (C=O) groups is 2. The molecule has 0 N–H and O–H groups in total. The molecule has 4 nitrogen and oxygen atoms in total. The van der Waals surface area contributed by atoms with Gasteiger partial charge in [0.05, 0.1) is 14.2 Å². The second-order valence-electron chi connectivity index (χ2n) is 4.26. The maximum Gasteiger partial charge on any atom is 0.322 e. The highest BCUT2D eigenvalue weighted by Crippen LogP contribution is 2.27. The van der Waals surface area contributed by atoms with E-state index >= 15 is 0 Å². The molecule has 0 rings (SSSR count). The van der Waals surface area contributed by atoms with E-state index in [1.54, 1.807) is 6.92 Å². The van der Waals surface area contributed by atoms with Crippen molar-refractivity contribution in [2.24, 2.45) is 5.41 Å². The SMILES string of the molecule is CCC(C)=CCCC(C)(C(=O)OC)C(=O)OC. The summed E-state index contributed by atoms with van der Waals surface area (Å²) in [5.41, 5.74) is 0.0238. The van der Waals surface area contributed by atoms with Gasteiger partial charge in [-0.2, -0.15) is 0 Å². The van der Waals surface area contributed by atoms with Crippen LogP contribution in [0.1, 0.15) is 40.0 Å². The van der Waals surface area contributed by atoms with Gasteiger partial charge in [0.25, 0.3) is 0 Å². The Bertz CT molecular complexity index is 289. The molecule has 0 saturated heterocycles. The van der Waals surface area contributed by atoms with Crippen LogP contribution in [0.2, 0.25) is 0 Å². The highest BCUT2D eigenvalue weighted by molar-refractivity contribution is 5.99. The lowest BCUT2D eigenvalue weighted by Gasteiger charge is -2.22. The Labute approximate surface area is 103 Å². The van der Waals surface area contributed by atoms with Gasteiger partial charge in [-0.25, -0.2) is 0 Å². The molecule has 0 aromatic carbocycles. The number of esters is 2. The monoisotopic (exact) mass is 242 g/mol. The molecule has 4 heteroatoms. The molecule has 0 aliphatic rings. The third-order valence-electron chi connectivity index (χ3n) is 2.97. The Hall–Kier alpha value is -1.32. The predicted octanol–water partition coefficient (Wildman–Crippen LogP) is 2.48. The molecule has 0 fully saturated rings. The first-order valence-corrected chi connectivity index (χ1v) is 5.74. The fraction of sp³-hybridized carbons (Fsp3) is 0.692. The van der Waals surface area contributed by atoms with Crippen molar-refractivity contribution in [3.63, 3.8) is 0 Å². The Morgan fingerprint density at radius 1 is 1.18 bits per heavy atom. The zero-order chi connectivity index (χ0) is 13.5. The molecule has 0 spiro atoms. The van der Waals surface area contributed by atoms with Crippen molar-refractivity contribution in [2.45, 2.75) is 40.0 Å². The van der Waals surface area contributed by atoms with E-state index in [1.807, 2.05) is 13.0 Å². The molecule has 0 aliphatic heterocycles. The van der Waals surface area contributed by atoms with E-state index in [2.05, 4.69) is 16.4 Å². The molecule has 0 aliphatic carbocycles. The smallest absolute Gasteiger partial charge is 0.322 e. The van der Waals surface area contributed by atoms with Gasteiger partial charge in [0.15, 0.2) is 5.41 Å². The molecular formula is C13H22O4. The Morgan fingerprint density at radius 3 is 2.00 bits per heavy atom. The number of hydrogen-bond donors (Lipinski definition) is 0. The van der Waals surface area contributed by atoms with E-state index in [1.165, 1.54) is 19.8 Å². The van der Waals surface area contributed by atoms with E-state index in [-0.39, 0.29) is 0 Å². The maximum atomic E-state index is 11.6. The largest absolute Gasteiger partial charge is 0.468 e. The van der Waals surface area contributed by atoms with Gasteiger partial charge >= 0.3 is 11.9 Å². The van der Waals surface area contributed by atoms with Crippen LogP contribution in [0.3, 0.4) is 0 Å². The Balaban J connectivity index is 4.73. The molecule has 0 amide bonds. The minimum absolute atomic E-state index is 0.393. The van der Waals surface area contributed by atoms with Gasteiger partial charge in [0, 0.05) is 0 Å². The van der Waals surface area contributed by atoms with Crippen molar-refractivity contribution >= 4 is 11.9 Å². The summed E-state index contributed by atoms with van der Waals surface area (Å²) in [7, 11) is 2.55. The second-order valence-corrected chi connectivity index (χ2v) is 4.26. The lowest BCUT2D eigenvalue weighted by atomic mass is 9.85. The highest BCUT2D eigenvalue weighted by Gasteiger charge is 2.42. The average Bonchev–Trinajstić information content (AvgIpc) is 2.35. The number of rotatable bonds is 6. The summed E-state index contributed by atoms with van der Waals surface area (Å²) >= 11 is 0. The van der Waals surface area contributed by atoms with Crippen LogP contribution in [0.5, 0.6) is 0 Å². The van der Waals surface area contributed by atoms with Gasteiger partial charge in [0.1, 0.15) is 0 Å². The summed E-state index contributed by atoms with van der Waals surface area (Å²) in [6, 6.07) is 0. The van der Waals surface area contributed by atoms with E-state index in [9.17, 15) is 9.59 Å². The highest BCUT2D eigenvalue weighted by atomic mass is 16.5. The average molecular weight is 242 g/mol. The molecule has 98 valence electrons. The number of hydrogen-bond acceptors (Lipinski definition) is 4. The maximum absolute atomic E-state index is 11.6. The third-order valence-corrected chi connectivity index (χ3v) is 2.97. The van der Waals surface area contributed by atoms with Crippen molar-refractivity contribution < 1.29 is 19.1 Å². The topological polar surface area (TPSA) is 52.6 Å². The van der Waals surface area contributed by atoms with Crippen molar-refractivity contribution in [1.82, 2.24) is 0 Å². The molecule has 17 heavy (non-hydrogen) atoms. The molecule has 0 radical (unpaired) electrons. The minimum Gasteiger partial charge on any atom is -0.468 e. The van der Waals surface area contributed by atoms with Crippen molar-refractivity contribution in [3.05, 3.63) is 11.6 Å². The predicted molar refractivity (Wildman–Crippen MR) is 65.4 cm³/mol. The van der Waals surface area contributed by atoms with Crippen molar-refractivity contribution in [3.8, 4) is 0 Å². The first-order valence-electron chi connectivity index (χ1n) is 5.74. The zero-order valence-electron chi connectivity index (χ0n) is 11.3. The molecular weight excluding hydrogens is 220 g/mol. The second kappa shape index (κ2) is 7.09. The number of ether oxygens (including phenoxy) is 2. The zero-order valence-corrected chi connectivity index (χ0v) is 11.3. The first kappa shape index (κ1) is 15.7. The van der Waals surface area contributed by atoms with Crippen LogP contribution >= 0.6 is 0 Å². The third kappa shape index (κ3) is 4.21. The summed E-state index contributed by atoms with van der Waals surface area (Å²) in [5, 5.41) is 0. The van der Waals surface area contributed by atoms with Crippen LogP contribution in [0.25, 0.3) is 0 Å². The fourth-order valence-corrected chi connectivity index (χ4v) is 1.49. The Morgan fingerprint density at radius 2 is 1.65 bits per heavy atom. The number of allylic oxidation sites excluding steroid dienone is 2. The molecule has 0 heterocycles. The lowest BCUT2D eigenvalue weighted by molar-refractivity contribution is -0.168. The number of methoxy groups -OCH3 is 2. The van der Waals surface area contributed by atoms with E-state index in [0.29, 0.717) is 12.8 Å². The van der Waals surface area contributed by atoms with Crippen molar-refractivity contribution in [1.29, 1.82) is 0 Å². The summed E-state index contributed by atoms with van der Waals surface area (Å²) in [6.45, 7) is 5.64.